The number of carbonyl (C=O) groups is 1. The van der Waals surface area contributed by atoms with Crippen LogP contribution in [-0.2, 0) is 16.6 Å². The normalized spacial score (nSPS) is 12.7. The lowest BCUT2D eigenvalue weighted by atomic mass is 9.80. The fourth-order valence-electron chi connectivity index (χ4n) is 3.91. The fourth-order valence-corrected chi connectivity index (χ4v) is 3.91. The standard InChI is InChI=1S/C27H36O3/c1-10-24(28)30-26-22(14-18(5)15-23(26)27(7,8)9)19(6)21-13-17(4)12-20(25(21)29)11-16(2)3/h10,12-16,19,29H,1,11H2,2-9H3. The summed E-state index contributed by atoms with van der Waals surface area (Å²) < 4.78 is 5.78. The van der Waals surface area contributed by atoms with Crippen molar-refractivity contribution in [1.29, 1.82) is 0 Å². The molecule has 0 aromatic heterocycles. The van der Waals surface area contributed by atoms with Gasteiger partial charge in [-0.2, -0.15) is 0 Å². The van der Waals surface area contributed by atoms with Crippen molar-refractivity contribution < 1.29 is 14.6 Å². The van der Waals surface area contributed by atoms with Gasteiger partial charge in [0.2, 0.25) is 0 Å². The van der Waals surface area contributed by atoms with Gasteiger partial charge in [0.25, 0.3) is 0 Å². The first-order valence-corrected chi connectivity index (χ1v) is 10.7. The SMILES string of the molecule is C=CC(=O)Oc1c(C(C)c2cc(C)cc(CC(C)C)c2O)cc(C)cc1C(C)(C)C. The van der Waals surface area contributed by atoms with E-state index in [0.29, 0.717) is 17.4 Å². The molecule has 0 amide bonds. The Morgan fingerprint density at radius 1 is 1.07 bits per heavy atom. The van der Waals surface area contributed by atoms with Crippen LogP contribution in [0.15, 0.2) is 36.9 Å². The second kappa shape index (κ2) is 9.07. The third-order valence-electron chi connectivity index (χ3n) is 5.36. The molecule has 0 fully saturated rings. The minimum Gasteiger partial charge on any atom is -0.507 e. The van der Waals surface area contributed by atoms with Crippen molar-refractivity contribution in [2.45, 2.75) is 73.1 Å². The molecule has 2 rings (SSSR count). The van der Waals surface area contributed by atoms with Crippen LogP contribution in [-0.4, -0.2) is 11.1 Å². The number of rotatable bonds is 6. The van der Waals surface area contributed by atoms with Crippen LogP contribution >= 0.6 is 0 Å². The number of aryl methyl sites for hydroxylation is 2. The summed E-state index contributed by atoms with van der Waals surface area (Å²) in [6.07, 6.45) is 2.00. The molecule has 0 bridgehead atoms. The number of phenolic OH excluding ortho intramolecular Hbond substituents is 1. The van der Waals surface area contributed by atoms with Gasteiger partial charge in [-0.3, -0.25) is 0 Å². The fraction of sp³-hybridized carbons (Fsp3) is 0.444. The van der Waals surface area contributed by atoms with Crippen LogP contribution in [0.1, 0.15) is 80.8 Å². The number of carbonyl (C=O) groups excluding carboxylic acids is 1. The van der Waals surface area contributed by atoms with Gasteiger partial charge in [-0.25, -0.2) is 4.79 Å². The van der Waals surface area contributed by atoms with E-state index < -0.39 is 5.97 Å². The van der Waals surface area contributed by atoms with Gasteiger partial charge in [0.05, 0.1) is 0 Å². The highest BCUT2D eigenvalue weighted by molar-refractivity contribution is 5.84. The molecule has 0 aliphatic heterocycles. The number of hydrogen-bond donors (Lipinski definition) is 1. The van der Waals surface area contributed by atoms with E-state index in [1.807, 2.05) is 13.0 Å². The van der Waals surface area contributed by atoms with Gasteiger partial charge >= 0.3 is 5.97 Å². The highest BCUT2D eigenvalue weighted by Gasteiger charge is 2.27. The van der Waals surface area contributed by atoms with E-state index in [4.69, 9.17) is 4.74 Å². The van der Waals surface area contributed by atoms with Crippen LogP contribution in [0.5, 0.6) is 11.5 Å². The predicted molar refractivity (Wildman–Crippen MR) is 125 cm³/mol. The zero-order chi connectivity index (χ0) is 22.8. The van der Waals surface area contributed by atoms with E-state index in [-0.39, 0.29) is 11.3 Å². The Kier molecular flexibility index (Phi) is 7.18. The van der Waals surface area contributed by atoms with E-state index >= 15 is 0 Å². The number of ether oxygens (including phenoxy) is 1. The molecule has 2 aromatic carbocycles. The van der Waals surface area contributed by atoms with Crippen LogP contribution in [0, 0.1) is 19.8 Å². The second-order valence-corrected chi connectivity index (χ2v) is 9.79. The zero-order valence-electron chi connectivity index (χ0n) is 19.7. The molecule has 30 heavy (non-hydrogen) atoms. The molecule has 0 spiro atoms. The van der Waals surface area contributed by atoms with Crippen LogP contribution in [0.2, 0.25) is 0 Å². The van der Waals surface area contributed by atoms with Gasteiger partial charge in [0.15, 0.2) is 0 Å². The lowest BCUT2D eigenvalue weighted by Gasteiger charge is -2.27. The van der Waals surface area contributed by atoms with E-state index in [9.17, 15) is 9.90 Å². The summed E-state index contributed by atoms with van der Waals surface area (Å²) in [4.78, 5) is 12.2. The third-order valence-corrected chi connectivity index (χ3v) is 5.36. The Labute approximate surface area is 181 Å². The number of benzene rings is 2. The Morgan fingerprint density at radius 3 is 2.17 bits per heavy atom. The van der Waals surface area contributed by atoms with Gasteiger partial charge in [0, 0.05) is 28.7 Å². The average molecular weight is 409 g/mol. The predicted octanol–water partition coefficient (Wildman–Crippen LogP) is 6.75. The first-order chi connectivity index (χ1) is 13.8. The molecule has 3 nitrogen and oxygen atoms in total. The molecule has 3 heteroatoms. The molecule has 162 valence electrons. The summed E-state index contributed by atoms with van der Waals surface area (Å²) in [7, 11) is 0. The molecule has 0 saturated heterocycles. The molecule has 0 aliphatic carbocycles. The summed E-state index contributed by atoms with van der Waals surface area (Å²) in [5.74, 6) is 0.714. The van der Waals surface area contributed by atoms with Crippen molar-refractivity contribution in [3.05, 3.63) is 70.3 Å². The second-order valence-electron chi connectivity index (χ2n) is 9.79. The number of aromatic hydroxyl groups is 1. The Morgan fingerprint density at radius 2 is 1.63 bits per heavy atom. The first-order valence-electron chi connectivity index (χ1n) is 10.7. The number of phenols is 1. The first kappa shape index (κ1) is 23.7. The summed E-state index contributed by atoms with van der Waals surface area (Å²) in [6.45, 7) is 20.3. The van der Waals surface area contributed by atoms with Crippen LogP contribution < -0.4 is 4.74 Å². The Bertz CT molecular complexity index is 946. The van der Waals surface area contributed by atoms with Gasteiger partial charge in [-0.05, 0) is 37.2 Å². The topological polar surface area (TPSA) is 46.5 Å². The highest BCUT2D eigenvalue weighted by Crippen LogP contribution is 2.43. The largest absolute Gasteiger partial charge is 0.507 e. The zero-order valence-corrected chi connectivity index (χ0v) is 19.7. The summed E-state index contributed by atoms with van der Waals surface area (Å²) in [6, 6.07) is 8.21. The number of esters is 1. The molecule has 1 unspecified atom stereocenters. The van der Waals surface area contributed by atoms with Gasteiger partial charge in [0.1, 0.15) is 11.5 Å². The van der Waals surface area contributed by atoms with Crippen molar-refractivity contribution in [3.8, 4) is 11.5 Å². The monoisotopic (exact) mass is 408 g/mol. The van der Waals surface area contributed by atoms with E-state index in [1.54, 1.807) is 0 Å². The molecular weight excluding hydrogens is 372 g/mol. The summed E-state index contributed by atoms with van der Waals surface area (Å²) >= 11 is 0. The van der Waals surface area contributed by atoms with Crippen molar-refractivity contribution in [1.82, 2.24) is 0 Å². The maximum absolute atomic E-state index is 12.2. The minimum atomic E-state index is -0.480. The van der Waals surface area contributed by atoms with Crippen molar-refractivity contribution in [3.63, 3.8) is 0 Å². The molecule has 1 N–H and O–H groups in total. The van der Waals surface area contributed by atoms with Crippen molar-refractivity contribution >= 4 is 5.97 Å². The lowest BCUT2D eigenvalue weighted by Crippen LogP contribution is -2.18. The van der Waals surface area contributed by atoms with Crippen LogP contribution in [0.3, 0.4) is 0 Å². The molecule has 2 aromatic rings. The van der Waals surface area contributed by atoms with Gasteiger partial charge in [-0.15, -0.1) is 0 Å². The molecule has 0 radical (unpaired) electrons. The number of hydrogen-bond acceptors (Lipinski definition) is 3. The Balaban J connectivity index is 2.74. The van der Waals surface area contributed by atoms with Gasteiger partial charge < -0.3 is 9.84 Å². The smallest absolute Gasteiger partial charge is 0.335 e. The Hall–Kier alpha value is -2.55. The summed E-state index contributed by atoms with van der Waals surface area (Å²) in [5.41, 5.74) is 5.66. The van der Waals surface area contributed by atoms with E-state index in [0.717, 1.165) is 39.8 Å². The molecule has 0 saturated carbocycles. The third kappa shape index (κ3) is 5.33. The molecule has 0 aliphatic rings. The maximum Gasteiger partial charge on any atom is 0.335 e. The molecule has 0 heterocycles. The van der Waals surface area contributed by atoms with Crippen LogP contribution in [0.25, 0.3) is 0 Å². The lowest BCUT2D eigenvalue weighted by molar-refractivity contribution is -0.129. The quantitative estimate of drug-likeness (QED) is 0.327. The van der Waals surface area contributed by atoms with Crippen molar-refractivity contribution in [2.24, 2.45) is 5.92 Å². The summed E-state index contributed by atoms with van der Waals surface area (Å²) in [5, 5.41) is 11.1. The van der Waals surface area contributed by atoms with E-state index in [1.165, 1.54) is 6.08 Å². The van der Waals surface area contributed by atoms with E-state index in [2.05, 4.69) is 73.2 Å². The molecule has 1 atom stereocenters. The average Bonchev–Trinajstić information content (AvgIpc) is 2.63. The van der Waals surface area contributed by atoms with Crippen LogP contribution in [0.4, 0.5) is 0 Å². The maximum atomic E-state index is 12.2. The molecular formula is C27H36O3. The van der Waals surface area contributed by atoms with Gasteiger partial charge in [-0.1, -0.05) is 83.5 Å². The minimum absolute atomic E-state index is 0.149. The van der Waals surface area contributed by atoms with Crippen molar-refractivity contribution in [2.75, 3.05) is 0 Å². The highest BCUT2D eigenvalue weighted by atomic mass is 16.5.